The quantitative estimate of drug-likeness (QED) is 0.609. The van der Waals surface area contributed by atoms with Crippen LogP contribution in [-0.4, -0.2) is 43.9 Å². The summed E-state index contributed by atoms with van der Waals surface area (Å²) >= 11 is 1.62. The van der Waals surface area contributed by atoms with Gasteiger partial charge in [-0.2, -0.15) is 4.52 Å². The van der Waals surface area contributed by atoms with Crippen LogP contribution in [0.15, 0.2) is 23.8 Å². The van der Waals surface area contributed by atoms with Crippen molar-refractivity contribution in [2.24, 2.45) is 0 Å². The van der Waals surface area contributed by atoms with E-state index in [1.807, 2.05) is 31.1 Å². The highest BCUT2D eigenvalue weighted by atomic mass is 32.1. The van der Waals surface area contributed by atoms with Crippen LogP contribution in [-0.2, 0) is 6.54 Å². The van der Waals surface area contributed by atoms with Gasteiger partial charge in [-0.05, 0) is 30.0 Å². The van der Waals surface area contributed by atoms with Crippen molar-refractivity contribution < 1.29 is 0 Å². The lowest BCUT2D eigenvalue weighted by atomic mass is 10.2. The minimum Gasteiger partial charge on any atom is -0.362 e. The molecule has 0 aliphatic carbocycles. The summed E-state index contributed by atoms with van der Waals surface area (Å²) in [5, 5.41) is 19.4. The first-order chi connectivity index (χ1) is 11.6. The van der Waals surface area contributed by atoms with Gasteiger partial charge in [-0.25, -0.2) is 9.97 Å². The molecule has 0 saturated carbocycles. The summed E-state index contributed by atoms with van der Waals surface area (Å²) in [6.45, 7) is 2.54. The molecular weight excluding hydrogens is 324 g/mol. The number of nitrogens with one attached hydrogen (secondary N) is 1. The number of hydrogen-bond acceptors (Lipinski definition) is 8. The van der Waals surface area contributed by atoms with E-state index in [1.54, 1.807) is 22.2 Å². The molecule has 0 radical (unpaired) electrons. The normalized spacial score (nSPS) is 11.3. The highest BCUT2D eigenvalue weighted by molar-refractivity contribution is 7.17. The first-order valence-electron chi connectivity index (χ1n) is 7.45. The van der Waals surface area contributed by atoms with Crippen LogP contribution in [0, 0.1) is 6.92 Å². The van der Waals surface area contributed by atoms with E-state index in [1.165, 1.54) is 0 Å². The van der Waals surface area contributed by atoms with E-state index in [0.717, 1.165) is 38.9 Å². The Morgan fingerprint density at radius 3 is 2.92 bits per heavy atom. The molecule has 4 heterocycles. The van der Waals surface area contributed by atoms with Crippen LogP contribution < -0.4 is 10.2 Å². The van der Waals surface area contributed by atoms with Crippen LogP contribution in [0.25, 0.3) is 15.9 Å². The fourth-order valence-electron chi connectivity index (χ4n) is 2.49. The lowest BCUT2D eigenvalue weighted by Crippen LogP contribution is -2.14. The third kappa shape index (κ3) is 2.42. The number of hydrogen-bond donors (Lipinski definition) is 1. The molecule has 122 valence electrons. The number of aromatic nitrogens is 6. The van der Waals surface area contributed by atoms with Crippen molar-refractivity contribution in [1.29, 1.82) is 0 Å². The maximum atomic E-state index is 4.56. The predicted octanol–water partition coefficient (Wildman–Crippen LogP) is 2.12. The van der Waals surface area contributed by atoms with E-state index >= 15 is 0 Å². The largest absolute Gasteiger partial charge is 0.362 e. The maximum absolute atomic E-state index is 4.56. The zero-order chi connectivity index (χ0) is 16.7. The van der Waals surface area contributed by atoms with Gasteiger partial charge >= 0.3 is 0 Å². The van der Waals surface area contributed by atoms with Crippen LogP contribution >= 0.6 is 11.3 Å². The number of nitrogens with zero attached hydrogens (tertiary/aromatic N) is 7. The molecule has 24 heavy (non-hydrogen) atoms. The van der Waals surface area contributed by atoms with Gasteiger partial charge < -0.3 is 10.2 Å². The van der Waals surface area contributed by atoms with Gasteiger partial charge in [0.05, 0.1) is 11.9 Å². The van der Waals surface area contributed by atoms with Crippen LogP contribution in [0.3, 0.4) is 0 Å². The molecule has 0 fully saturated rings. The molecule has 0 amide bonds. The maximum Gasteiger partial charge on any atom is 0.178 e. The minimum atomic E-state index is 0.479. The molecule has 0 unspecified atom stereocenters. The molecule has 0 bridgehead atoms. The van der Waals surface area contributed by atoms with Gasteiger partial charge in [-0.15, -0.1) is 26.6 Å². The van der Waals surface area contributed by atoms with Crippen LogP contribution in [0.2, 0.25) is 0 Å². The van der Waals surface area contributed by atoms with Crippen molar-refractivity contribution in [2.45, 2.75) is 13.5 Å². The third-order valence-corrected chi connectivity index (χ3v) is 4.74. The molecular formula is C15H16N8S. The SMILES string of the molecule is Cc1csc2ncnc(NCc3nnc4ccc(N(C)C)nn34)c12. The molecule has 8 nitrogen and oxygen atoms in total. The third-order valence-electron chi connectivity index (χ3n) is 3.74. The second-order valence-corrected chi connectivity index (χ2v) is 6.50. The van der Waals surface area contributed by atoms with Gasteiger partial charge in [-0.3, -0.25) is 0 Å². The number of fused-ring (bicyclic) bond motifs is 2. The van der Waals surface area contributed by atoms with Crippen molar-refractivity contribution in [3.8, 4) is 0 Å². The fraction of sp³-hybridized carbons (Fsp3) is 0.267. The molecule has 4 rings (SSSR count). The molecule has 4 aromatic heterocycles. The Morgan fingerprint density at radius 1 is 1.21 bits per heavy atom. The van der Waals surface area contributed by atoms with Gasteiger partial charge in [0.1, 0.15) is 22.8 Å². The monoisotopic (exact) mass is 340 g/mol. The van der Waals surface area contributed by atoms with E-state index in [2.05, 4.69) is 42.9 Å². The van der Waals surface area contributed by atoms with Crippen molar-refractivity contribution in [2.75, 3.05) is 24.3 Å². The summed E-state index contributed by atoms with van der Waals surface area (Å²) in [5.74, 6) is 2.38. The molecule has 4 aromatic rings. The van der Waals surface area contributed by atoms with Crippen LogP contribution in [0.5, 0.6) is 0 Å². The number of thiophene rings is 1. The summed E-state index contributed by atoms with van der Waals surface area (Å²) < 4.78 is 1.75. The Labute approximate surface area is 142 Å². The molecule has 0 aromatic carbocycles. The van der Waals surface area contributed by atoms with Crippen molar-refractivity contribution in [3.63, 3.8) is 0 Å². The highest BCUT2D eigenvalue weighted by Crippen LogP contribution is 2.28. The Kier molecular flexibility index (Phi) is 3.49. The van der Waals surface area contributed by atoms with E-state index in [0.29, 0.717) is 6.54 Å². The van der Waals surface area contributed by atoms with Crippen LogP contribution in [0.4, 0.5) is 11.6 Å². The van der Waals surface area contributed by atoms with Gasteiger partial charge in [0.15, 0.2) is 11.5 Å². The topological polar surface area (TPSA) is 84.1 Å². The second kappa shape index (κ2) is 5.68. The Morgan fingerprint density at radius 2 is 2.08 bits per heavy atom. The summed E-state index contributed by atoms with van der Waals surface area (Å²) in [7, 11) is 3.90. The van der Waals surface area contributed by atoms with E-state index in [4.69, 9.17) is 0 Å². The zero-order valence-corrected chi connectivity index (χ0v) is 14.4. The molecule has 0 spiro atoms. The van der Waals surface area contributed by atoms with Gasteiger partial charge in [0, 0.05) is 14.1 Å². The molecule has 0 atom stereocenters. The molecule has 0 aliphatic heterocycles. The molecule has 9 heteroatoms. The Balaban J connectivity index is 1.67. The summed E-state index contributed by atoms with van der Waals surface area (Å²) in [5.41, 5.74) is 1.88. The smallest absolute Gasteiger partial charge is 0.178 e. The van der Waals surface area contributed by atoms with Crippen molar-refractivity contribution in [1.82, 2.24) is 29.8 Å². The van der Waals surface area contributed by atoms with Gasteiger partial charge in [0.25, 0.3) is 0 Å². The zero-order valence-electron chi connectivity index (χ0n) is 13.6. The first kappa shape index (κ1) is 14.8. The minimum absolute atomic E-state index is 0.479. The lowest BCUT2D eigenvalue weighted by Gasteiger charge is -2.11. The Bertz CT molecular complexity index is 1020. The molecule has 0 aliphatic rings. The fourth-order valence-corrected chi connectivity index (χ4v) is 3.38. The average molecular weight is 340 g/mol. The molecule has 0 saturated heterocycles. The predicted molar refractivity (Wildman–Crippen MR) is 94.6 cm³/mol. The van der Waals surface area contributed by atoms with Crippen molar-refractivity contribution >= 4 is 38.8 Å². The van der Waals surface area contributed by atoms with Gasteiger partial charge in [0.2, 0.25) is 0 Å². The number of aryl methyl sites for hydroxylation is 1. The lowest BCUT2D eigenvalue weighted by molar-refractivity contribution is 0.816. The van der Waals surface area contributed by atoms with Crippen molar-refractivity contribution in [3.05, 3.63) is 35.2 Å². The number of rotatable bonds is 4. The molecule has 1 N–H and O–H groups in total. The summed E-state index contributed by atoms with van der Waals surface area (Å²) in [6.07, 6.45) is 1.57. The van der Waals surface area contributed by atoms with E-state index in [9.17, 15) is 0 Å². The summed E-state index contributed by atoms with van der Waals surface area (Å²) in [4.78, 5) is 11.6. The van der Waals surface area contributed by atoms with E-state index in [-0.39, 0.29) is 0 Å². The van der Waals surface area contributed by atoms with Crippen LogP contribution in [0.1, 0.15) is 11.4 Å². The Hall–Kier alpha value is -2.81. The summed E-state index contributed by atoms with van der Waals surface area (Å²) in [6, 6.07) is 3.83. The first-order valence-corrected chi connectivity index (χ1v) is 8.33. The number of anilines is 2. The highest BCUT2D eigenvalue weighted by Gasteiger charge is 2.12. The second-order valence-electron chi connectivity index (χ2n) is 5.65. The standard InChI is InChI=1S/C15H16N8S/c1-9-7-24-15-13(9)14(17-8-18-15)16-6-12-20-19-10-4-5-11(22(2)3)21-23(10)12/h4-5,7-8H,6H2,1-3H3,(H,16,17,18). The van der Waals surface area contributed by atoms with E-state index < -0.39 is 0 Å². The van der Waals surface area contributed by atoms with Gasteiger partial charge in [-0.1, -0.05) is 0 Å². The average Bonchev–Trinajstić information content (AvgIpc) is 3.16.